The van der Waals surface area contributed by atoms with E-state index in [1.165, 1.54) is 5.56 Å². The summed E-state index contributed by atoms with van der Waals surface area (Å²) in [7, 11) is 4.01. The van der Waals surface area contributed by atoms with E-state index < -0.39 is 5.97 Å². The number of carbonyl (C=O) groups is 1. The number of hydrogen-bond acceptors (Lipinski definition) is 3. The topological polar surface area (TPSA) is 58.4 Å². The number of benzene rings is 1. The van der Waals surface area contributed by atoms with Gasteiger partial charge in [-0.3, -0.25) is 4.79 Å². The monoisotopic (exact) mass is 289 g/mol. The number of rotatable bonds is 6. The summed E-state index contributed by atoms with van der Waals surface area (Å²) in [6.45, 7) is 5.88. The van der Waals surface area contributed by atoms with Crippen molar-refractivity contribution in [2.24, 2.45) is 0 Å². The van der Waals surface area contributed by atoms with Gasteiger partial charge in [0, 0.05) is 13.1 Å². The molecule has 0 fully saturated rings. The van der Waals surface area contributed by atoms with Crippen LogP contribution in [0.5, 0.6) is 0 Å². The van der Waals surface area contributed by atoms with Gasteiger partial charge in [-0.1, -0.05) is 19.9 Å². The molecule has 21 heavy (non-hydrogen) atoms. The van der Waals surface area contributed by atoms with E-state index in [0.29, 0.717) is 11.7 Å². The Morgan fingerprint density at radius 2 is 2.10 bits per heavy atom. The molecule has 5 nitrogen and oxygen atoms in total. The lowest BCUT2D eigenvalue weighted by Gasteiger charge is -2.13. The minimum atomic E-state index is -0.847. The molecule has 1 aromatic heterocycles. The van der Waals surface area contributed by atoms with Crippen molar-refractivity contribution < 1.29 is 9.90 Å². The third kappa shape index (κ3) is 3.61. The summed E-state index contributed by atoms with van der Waals surface area (Å²) < 4.78 is 2.02. The van der Waals surface area contributed by atoms with Gasteiger partial charge >= 0.3 is 5.97 Å². The molecule has 0 aliphatic carbocycles. The van der Waals surface area contributed by atoms with Crippen molar-refractivity contribution >= 4 is 17.0 Å². The number of aliphatic carboxylic acids is 1. The average Bonchev–Trinajstić information content (AvgIpc) is 2.71. The van der Waals surface area contributed by atoms with Crippen LogP contribution in [0.3, 0.4) is 0 Å². The SMILES string of the molecule is CC(C)c1ccc2c(c1)nc(CC(=O)O)n2CCN(C)C. The van der Waals surface area contributed by atoms with Gasteiger partial charge in [0.1, 0.15) is 12.2 Å². The fraction of sp³-hybridized carbons (Fsp3) is 0.500. The lowest BCUT2D eigenvalue weighted by Crippen LogP contribution is -2.20. The van der Waals surface area contributed by atoms with Crippen LogP contribution in [-0.4, -0.2) is 46.2 Å². The highest BCUT2D eigenvalue weighted by atomic mass is 16.4. The number of carboxylic acids is 1. The largest absolute Gasteiger partial charge is 0.481 e. The molecular weight excluding hydrogens is 266 g/mol. The highest BCUT2D eigenvalue weighted by molar-refractivity contribution is 5.79. The standard InChI is InChI=1S/C16H23N3O2/c1-11(2)12-5-6-14-13(9-12)17-15(10-16(20)21)19(14)8-7-18(3)4/h5-6,9,11H,7-8,10H2,1-4H3,(H,20,21). The number of aromatic nitrogens is 2. The van der Waals surface area contributed by atoms with Crippen LogP contribution in [0.15, 0.2) is 18.2 Å². The minimum absolute atomic E-state index is 0.0425. The molecule has 0 unspecified atom stereocenters. The van der Waals surface area contributed by atoms with Crippen LogP contribution >= 0.6 is 0 Å². The maximum absolute atomic E-state index is 11.0. The average molecular weight is 289 g/mol. The Morgan fingerprint density at radius 3 is 2.67 bits per heavy atom. The molecule has 0 atom stereocenters. The van der Waals surface area contributed by atoms with Crippen molar-refractivity contribution in [1.82, 2.24) is 14.5 Å². The zero-order chi connectivity index (χ0) is 15.6. The van der Waals surface area contributed by atoms with Crippen LogP contribution in [0, 0.1) is 0 Å². The molecule has 1 heterocycles. The minimum Gasteiger partial charge on any atom is -0.481 e. The first-order valence-electron chi connectivity index (χ1n) is 7.24. The number of nitrogens with zero attached hydrogens (tertiary/aromatic N) is 3. The van der Waals surface area contributed by atoms with E-state index in [1.807, 2.05) is 18.7 Å². The Kier molecular flexibility index (Phi) is 4.63. The second-order valence-electron chi connectivity index (χ2n) is 5.96. The van der Waals surface area contributed by atoms with Crippen LogP contribution in [0.1, 0.15) is 31.2 Å². The zero-order valence-corrected chi connectivity index (χ0v) is 13.1. The van der Waals surface area contributed by atoms with Gasteiger partial charge in [-0.2, -0.15) is 0 Å². The first kappa shape index (κ1) is 15.5. The van der Waals surface area contributed by atoms with Crippen LogP contribution in [-0.2, 0) is 17.8 Å². The second-order valence-corrected chi connectivity index (χ2v) is 5.96. The van der Waals surface area contributed by atoms with Gasteiger partial charge in [-0.05, 0) is 37.7 Å². The van der Waals surface area contributed by atoms with Crippen molar-refractivity contribution in [2.45, 2.75) is 32.7 Å². The van der Waals surface area contributed by atoms with Crippen LogP contribution < -0.4 is 0 Å². The molecule has 0 radical (unpaired) electrons. The van der Waals surface area contributed by atoms with E-state index in [-0.39, 0.29) is 6.42 Å². The number of carboxylic acid groups (broad SMARTS) is 1. The molecule has 0 spiro atoms. The summed E-state index contributed by atoms with van der Waals surface area (Å²) in [5.41, 5.74) is 3.12. The van der Waals surface area contributed by atoms with Crippen LogP contribution in [0.25, 0.3) is 11.0 Å². The summed E-state index contributed by atoms with van der Waals surface area (Å²) in [6.07, 6.45) is -0.0425. The molecule has 1 N–H and O–H groups in total. The lowest BCUT2D eigenvalue weighted by atomic mass is 10.0. The van der Waals surface area contributed by atoms with Crippen molar-refractivity contribution in [3.8, 4) is 0 Å². The summed E-state index contributed by atoms with van der Waals surface area (Å²) in [6, 6.07) is 6.22. The predicted octanol–water partition coefficient (Wildman–Crippen LogP) is 2.35. The molecule has 5 heteroatoms. The molecule has 2 rings (SSSR count). The van der Waals surface area contributed by atoms with Crippen molar-refractivity contribution in [3.05, 3.63) is 29.6 Å². The van der Waals surface area contributed by atoms with E-state index in [2.05, 4.69) is 41.9 Å². The maximum atomic E-state index is 11.0. The molecule has 0 saturated carbocycles. The second kappa shape index (κ2) is 6.26. The Bertz CT molecular complexity index is 644. The highest BCUT2D eigenvalue weighted by Gasteiger charge is 2.14. The van der Waals surface area contributed by atoms with Crippen LogP contribution in [0.4, 0.5) is 0 Å². The third-order valence-electron chi connectivity index (χ3n) is 3.60. The summed E-state index contributed by atoms with van der Waals surface area (Å²) in [5, 5.41) is 9.07. The molecule has 114 valence electrons. The lowest BCUT2D eigenvalue weighted by molar-refractivity contribution is -0.136. The summed E-state index contributed by atoms with van der Waals surface area (Å²) in [4.78, 5) is 17.7. The Morgan fingerprint density at radius 1 is 1.38 bits per heavy atom. The number of fused-ring (bicyclic) bond motifs is 1. The molecule has 0 aliphatic rings. The van der Waals surface area contributed by atoms with Gasteiger partial charge in [-0.15, -0.1) is 0 Å². The molecule has 1 aromatic carbocycles. The number of hydrogen-bond donors (Lipinski definition) is 1. The van der Waals surface area contributed by atoms with E-state index in [0.717, 1.165) is 24.1 Å². The number of imidazole rings is 1. The van der Waals surface area contributed by atoms with E-state index >= 15 is 0 Å². The van der Waals surface area contributed by atoms with E-state index in [1.54, 1.807) is 0 Å². The Labute approximate surface area is 125 Å². The molecule has 0 bridgehead atoms. The molecule has 2 aromatic rings. The summed E-state index contributed by atoms with van der Waals surface area (Å²) >= 11 is 0. The van der Waals surface area contributed by atoms with Crippen molar-refractivity contribution in [2.75, 3.05) is 20.6 Å². The normalized spacial score (nSPS) is 11.7. The van der Waals surface area contributed by atoms with Gasteiger partial charge in [0.25, 0.3) is 0 Å². The first-order valence-corrected chi connectivity index (χ1v) is 7.24. The van der Waals surface area contributed by atoms with Gasteiger partial charge in [-0.25, -0.2) is 4.98 Å². The molecule has 0 saturated heterocycles. The fourth-order valence-corrected chi connectivity index (χ4v) is 2.38. The van der Waals surface area contributed by atoms with Crippen molar-refractivity contribution in [1.29, 1.82) is 0 Å². The quantitative estimate of drug-likeness (QED) is 0.887. The Balaban J connectivity index is 2.47. The fourth-order valence-electron chi connectivity index (χ4n) is 2.38. The summed E-state index contributed by atoms with van der Waals surface area (Å²) in [5.74, 6) is 0.213. The number of likely N-dealkylation sites (N-methyl/N-ethyl adjacent to an activating group) is 1. The first-order chi connectivity index (χ1) is 9.88. The highest BCUT2D eigenvalue weighted by Crippen LogP contribution is 2.22. The Hall–Kier alpha value is -1.88. The van der Waals surface area contributed by atoms with Gasteiger partial charge < -0.3 is 14.6 Å². The third-order valence-corrected chi connectivity index (χ3v) is 3.60. The van der Waals surface area contributed by atoms with E-state index in [4.69, 9.17) is 5.11 Å². The van der Waals surface area contributed by atoms with Crippen LogP contribution in [0.2, 0.25) is 0 Å². The zero-order valence-electron chi connectivity index (χ0n) is 13.1. The van der Waals surface area contributed by atoms with Gasteiger partial charge in [0.05, 0.1) is 11.0 Å². The predicted molar refractivity (Wildman–Crippen MR) is 83.7 cm³/mol. The molecule has 0 aliphatic heterocycles. The van der Waals surface area contributed by atoms with Gasteiger partial charge in [0.2, 0.25) is 0 Å². The maximum Gasteiger partial charge on any atom is 0.311 e. The smallest absolute Gasteiger partial charge is 0.311 e. The van der Waals surface area contributed by atoms with E-state index in [9.17, 15) is 4.79 Å². The van der Waals surface area contributed by atoms with Crippen molar-refractivity contribution in [3.63, 3.8) is 0 Å². The molecule has 0 amide bonds. The van der Waals surface area contributed by atoms with Gasteiger partial charge in [0.15, 0.2) is 0 Å². The molecular formula is C16H23N3O2.